The maximum Gasteiger partial charge on any atom is 0.349 e. The van der Waals surface area contributed by atoms with E-state index in [4.69, 9.17) is 0 Å². The van der Waals surface area contributed by atoms with Gasteiger partial charge in [0.15, 0.2) is 5.13 Å². The van der Waals surface area contributed by atoms with Gasteiger partial charge in [0, 0.05) is 13.0 Å². The predicted molar refractivity (Wildman–Crippen MR) is 92.8 cm³/mol. The van der Waals surface area contributed by atoms with Crippen LogP contribution in [0.1, 0.15) is 48.2 Å². The largest absolute Gasteiger partial charge is 0.465 e. The van der Waals surface area contributed by atoms with Crippen molar-refractivity contribution >= 4 is 40.3 Å². The van der Waals surface area contributed by atoms with E-state index in [0.29, 0.717) is 12.8 Å². The van der Waals surface area contributed by atoms with E-state index in [9.17, 15) is 19.2 Å². The molecule has 0 atom stereocenters. The van der Waals surface area contributed by atoms with Gasteiger partial charge < -0.3 is 15.4 Å². The van der Waals surface area contributed by atoms with Crippen LogP contribution in [-0.4, -0.2) is 52.9 Å². The molecule has 2 fully saturated rings. The first-order valence-corrected chi connectivity index (χ1v) is 9.25. The number of aromatic nitrogens is 1. The van der Waals surface area contributed by atoms with Crippen molar-refractivity contribution in [2.45, 2.75) is 44.1 Å². The molecule has 1 aliphatic carbocycles. The first-order valence-electron chi connectivity index (χ1n) is 8.43. The van der Waals surface area contributed by atoms with E-state index in [1.54, 1.807) is 0 Å². The monoisotopic (exact) mass is 380 g/mol. The number of esters is 1. The van der Waals surface area contributed by atoms with Gasteiger partial charge in [-0.1, -0.05) is 30.6 Å². The lowest BCUT2D eigenvalue weighted by Gasteiger charge is -2.30. The second-order valence-electron chi connectivity index (χ2n) is 6.35. The highest BCUT2D eigenvalue weighted by Crippen LogP contribution is 2.33. The molecule has 9 nitrogen and oxygen atoms in total. The van der Waals surface area contributed by atoms with Crippen molar-refractivity contribution in [2.75, 3.05) is 19.0 Å². The van der Waals surface area contributed by atoms with Crippen LogP contribution in [0.4, 0.5) is 9.93 Å². The molecule has 2 heterocycles. The Morgan fingerprint density at radius 2 is 2.08 bits per heavy atom. The Bertz CT molecular complexity index is 741. The van der Waals surface area contributed by atoms with Crippen LogP contribution < -0.4 is 10.6 Å². The second kappa shape index (κ2) is 7.40. The van der Waals surface area contributed by atoms with Crippen LogP contribution in [0.25, 0.3) is 0 Å². The lowest BCUT2D eigenvalue weighted by atomic mass is 9.82. The van der Waals surface area contributed by atoms with Gasteiger partial charge in [0.25, 0.3) is 5.91 Å². The van der Waals surface area contributed by atoms with Crippen LogP contribution in [0.15, 0.2) is 6.20 Å². The van der Waals surface area contributed by atoms with Crippen LogP contribution >= 0.6 is 11.3 Å². The molecule has 0 unspecified atom stereocenters. The third kappa shape index (κ3) is 3.55. The van der Waals surface area contributed by atoms with Crippen molar-refractivity contribution in [2.24, 2.45) is 0 Å². The number of carbonyl (C=O) groups excluding carboxylic acids is 4. The molecular formula is C16H20N4O5S. The Hall–Kier alpha value is -2.49. The summed E-state index contributed by atoms with van der Waals surface area (Å²) < 4.78 is 4.58. The fourth-order valence-electron chi connectivity index (χ4n) is 3.30. The maximum absolute atomic E-state index is 12.6. The minimum Gasteiger partial charge on any atom is -0.465 e. The fraction of sp³-hybridized carbons (Fsp3) is 0.562. The lowest BCUT2D eigenvalue weighted by molar-refractivity contribution is -0.132. The molecule has 3 rings (SSSR count). The molecule has 1 aromatic heterocycles. The zero-order chi connectivity index (χ0) is 18.7. The quantitative estimate of drug-likeness (QED) is 0.591. The molecule has 1 aromatic rings. The summed E-state index contributed by atoms with van der Waals surface area (Å²) in [4.78, 5) is 53.5. The van der Waals surface area contributed by atoms with Crippen molar-refractivity contribution in [1.82, 2.24) is 15.2 Å². The smallest absolute Gasteiger partial charge is 0.349 e. The number of hydrogen-bond acceptors (Lipinski definition) is 7. The van der Waals surface area contributed by atoms with Gasteiger partial charge in [-0.25, -0.2) is 14.6 Å². The summed E-state index contributed by atoms with van der Waals surface area (Å²) in [5, 5.41) is 5.63. The van der Waals surface area contributed by atoms with E-state index in [2.05, 4.69) is 20.4 Å². The Labute approximate surface area is 154 Å². The van der Waals surface area contributed by atoms with Crippen LogP contribution in [-0.2, 0) is 14.3 Å². The Morgan fingerprint density at radius 3 is 2.77 bits per heavy atom. The van der Waals surface area contributed by atoms with E-state index in [1.165, 1.54) is 13.3 Å². The number of carbonyl (C=O) groups is 4. The van der Waals surface area contributed by atoms with Gasteiger partial charge in [-0.3, -0.25) is 14.5 Å². The number of hydrogen-bond donors (Lipinski definition) is 2. The molecule has 140 valence electrons. The topological polar surface area (TPSA) is 118 Å². The summed E-state index contributed by atoms with van der Waals surface area (Å²) in [6.45, 7) is 0.00742. The van der Waals surface area contributed by atoms with Gasteiger partial charge >= 0.3 is 12.0 Å². The minimum atomic E-state index is -0.781. The first kappa shape index (κ1) is 18.3. The van der Waals surface area contributed by atoms with Gasteiger partial charge in [0.05, 0.1) is 13.3 Å². The van der Waals surface area contributed by atoms with Gasteiger partial charge in [0.1, 0.15) is 10.4 Å². The number of imide groups is 1. The molecule has 10 heteroatoms. The standard InChI is InChI=1S/C16H20N4O5S/c1-25-12(22)10-9-17-14(26-10)18-11(21)5-8-20-13(23)16(19-15(20)24)6-3-2-4-7-16/h9H,2-8H2,1H3,(H,19,24)(H,17,18,21). The molecular weight excluding hydrogens is 360 g/mol. The third-order valence-corrected chi connectivity index (χ3v) is 5.55. The molecule has 2 aliphatic rings. The van der Waals surface area contributed by atoms with E-state index in [1.807, 2.05) is 0 Å². The van der Waals surface area contributed by atoms with Crippen molar-refractivity contribution in [3.05, 3.63) is 11.1 Å². The molecule has 26 heavy (non-hydrogen) atoms. The van der Waals surface area contributed by atoms with Crippen LogP contribution in [0.3, 0.4) is 0 Å². The van der Waals surface area contributed by atoms with Crippen molar-refractivity contribution in [3.63, 3.8) is 0 Å². The summed E-state index contributed by atoms with van der Waals surface area (Å²) >= 11 is 0.993. The SMILES string of the molecule is COC(=O)c1cnc(NC(=O)CCN2C(=O)NC3(CCCCC3)C2=O)s1. The molecule has 1 saturated heterocycles. The average molecular weight is 380 g/mol. The zero-order valence-corrected chi connectivity index (χ0v) is 15.2. The molecule has 0 bridgehead atoms. The highest BCUT2D eigenvalue weighted by atomic mass is 32.1. The van der Waals surface area contributed by atoms with Crippen molar-refractivity contribution < 1.29 is 23.9 Å². The number of nitrogens with one attached hydrogen (secondary N) is 2. The summed E-state index contributed by atoms with van der Waals surface area (Å²) in [6.07, 6.45) is 5.46. The van der Waals surface area contributed by atoms with Crippen molar-refractivity contribution in [3.8, 4) is 0 Å². The normalized spacial score (nSPS) is 18.7. The number of anilines is 1. The highest BCUT2D eigenvalue weighted by Gasteiger charge is 2.51. The Kier molecular flexibility index (Phi) is 5.21. The number of urea groups is 1. The van der Waals surface area contributed by atoms with Crippen LogP contribution in [0.2, 0.25) is 0 Å². The second-order valence-corrected chi connectivity index (χ2v) is 7.38. The zero-order valence-electron chi connectivity index (χ0n) is 14.4. The summed E-state index contributed by atoms with van der Waals surface area (Å²) in [5.41, 5.74) is -0.781. The minimum absolute atomic E-state index is 0.00742. The molecule has 4 amide bonds. The number of ether oxygens (including phenoxy) is 1. The molecule has 0 aromatic carbocycles. The Morgan fingerprint density at radius 1 is 1.35 bits per heavy atom. The molecule has 1 saturated carbocycles. The highest BCUT2D eigenvalue weighted by molar-refractivity contribution is 7.17. The molecule has 1 spiro atoms. The van der Waals surface area contributed by atoms with Gasteiger partial charge in [-0.2, -0.15) is 0 Å². The Balaban J connectivity index is 1.54. The third-order valence-electron chi connectivity index (χ3n) is 4.65. The van der Waals surface area contributed by atoms with Gasteiger partial charge in [-0.15, -0.1) is 0 Å². The molecule has 1 aliphatic heterocycles. The van der Waals surface area contributed by atoms with E-state index in [-0.39, 0.29) is 34.8 Å². The average Bonchev–Trinajstić information content (AvgIpc) is 3.17. The van der Waals surface area contributed by atoms with Crippen molar-refractivity contribution in [1.29, 1.82) is 0 Å². The van der Waals surface area contributed by atoms with Gasteiger partial charge in [0.2, 0.25) is 5.91 Å². The number of nitrogens with zero attached hydrogens (tertiary/aromatic N) is 2. The maximum atomic E-state index is 12.6. The summed E-state index contributed by atoms with van der Waals surface area (Å²) in [5.74, 6) is -1.15. The first-order chi connectivity index (χ1) is 12.4. The fourth-order valence-corrected chi connectivity index (χ4v) is 4.05. The number of amides is 4. The summed E-state index contributed by atoms with van der Waals surface area (Å²) in [6, 6.07) is -0.438. The summed E-state index contributed by atoms with van der Waals surface area (Å²) in [7, 11) is 1.26. The predicted octanol–water partition coefficient (Wildman–Crippen LogP) is 1.51. The number of methoxy groups -OCH3 is 1. The molecule has 2 N–H and O–H groups in total. The van der Waals surface area contributed by atoms with E-state index >= 15 is 0 Å². The number of rotatable bonds is 5. The van der Waals surface area contributed by atoms with Gasteiger partial charge in [-0.05, 0) is 12.8 Å². The number of thiazole rings is 1. The van der Waals surface area contributed by atoms with E-state index in [0.717, 1.165) is 35.5 Å². The molecule has 0 radical (unpaired) electrons. The lowest BCUT2D eigenvalue weighted by Crippen LogP contribution is -2.48. The van der Waals surface area contributed by atoms with Crippen LogP contribution in [0, 0.1) is 0 Å². The van der Waals surface area contributed by atoms with Crippen LogP contribution in [0.5, 0.6) is 0 Å². The van der Waals surface area contributed by atoms with E-state index < -0.39 is 17.5 Å².